The van der Waals surface area contributed by atoms with E-state index in [9.17, 15) is 0 Å². The molecule has 1 aliphatic heterocycles. The summed E-state index contributed by atoms with van der Waals surface area (Å²) in [5.74, 6) is 0. The highest BCUT2D eigenvalue weighted by Gasteiger charge is 2.17. The Bertz CT molecular complexity index is 755. The maximum atomic E-state index is 2.38. The quantitative estimate of drug-likeness (QED) is 0.625. The van der Waals surface area contributed by atoms with Crippen molar-refractivity contribution in [3.63, 3.8) is 0 Å². The van der Waals surface area contributed by atoms with E-state index in [2.05, 4.69) is 78.2 Å². The molecule has 1 nitrogen and oxygen atoms in total. The van der Waals surface area contributed by atoms with Gasteiger partial charge in [0.15, 0.2) is 0 Å². The standard InChI is InChI=1S/C19H16N/c1-2-8-17-14-20(13-12-15(17)6-1)19-11-5-9-16-7-3-4-10-18(16)19/h1-11,14H,12-13H2. The Hall–Kier alpha value is -2.28. The first kappa shape index (κ1) is 11.5. The number of hydrogen-bond donors (Lipinski definition) is 0. The van der Waals surface area contributed by atoms with Gasteiger partial charge in [0.25, 0.3) is 0 Å². The summed E-state index contributed by atoms with van der Waals surface area (Å²) in [4.78, 5) is 2.38. The zero-order chi connectivity index (χ0) is 13.4. The molecule has 0 saturated heterocycles. The number of rotatable bonds is 1. The molecule has 3 aromatic rings. The van der Waals surface area contributed by atoms with E-state index >= 15 is 0 Å². The van der Waals surface area contributed by atoms with E-state index in [-0.39, 0.29) is 0 Å². The Balaban J connectivity index is 1.78. The Kier molecular flexibility index (Phi) is 2.70. The summed E-state index contributed by atoms with van der Waals surface area (Å²) in [5, 5.41) is 2.63. The van der Waals surface area contributed by atoms with E-state index in [0.29, 0.717) is 0 Å². The van der Waals surface area contributed by atoms with Crippen molar-refractivity contribution in [2.24, 2.45) is 0 Å². The normalized spacial score (nSPS) is 14.3. The van der Waals surface area contributed by atoms with Gasteiger partial charge < -0.3 is 4.90 Å². The van der Waals surface area contributed by atoms with Crippen LogP contribution in [0.1, 0.15) is 11.1 Å². The van der Waals surface area contributed by atoms with Crippen LogP contribution in [0.15, 0.2) is 66.7 Å². The monoisotopic (exact) mass is 258 g/mol. The predicted octanol–water partition coefficient (Wildman–Crippen LogP) is 4.41. The second kappa shape index (κ2) is 4.68. The van der Waals surface area contributed by atoms with Crippen molar-refractivity contribution in [1.82, 2.24) is 0 Å². The van der Waals surface area contributed by atoms with Gasteiger partial charge in [0.05, 0.1) is 6.54 Å². The van der Waals surface area contributed by atoms with Crippen LogP contribution in [0.3, 0.4) is 0 Å². The maximum Gasteiger partial charge on any atom is 0.0791 e. The lowest BCUT2D eigenvalue weighted by Gasteiger charge is -2.31. The Labute approximate surface area is 119 Å². The van der Waals surface area contributed by atoms with Crippen molar-refractivity contribution in [1.29, 1.82) is 0 Å². The molecule has 0 saturated carbocycles. The molecule has 1 radical (unpaired) electrons. The number of benzene rings is 3. The lowest BCUT2D eigenvalue weighted by Crippen LogP contribution is -2.28. The second-order valence-electron chi connectivity index (χ2n) is 5.27. The minimum absolute atomic E-state index is 1.05. The van der Waals surface area contributed by atoms with E-state index < -0.39 is 0 Å². The van der Waals surface area contributed by atoms with Crippen molar-refractivity contribution < 1.29 is 0 Å². The molecule has 20 heavy (non-hydrogen) atoms. The first-order valence-corrected chi connectivity index (χ1v) is 7.09. The molecule has 3 aromatic carbocycles. The summed E-state index contributed by atoms with van der Waals surface area (Å²) in [5.41, 5.74) is 4.09. The summed E-state index contributed by atoms with van der Waals surface area (Å²) < 4.78 is 0. The molecular weight excluding hydrogens is 242 g/mol. The Morgan fingerprint density at radius 2 is 1.55 bits per heavy atom. The highest BCUT2D eigenvalue weighted by atomic mass is 15.1. The molecule has 97 valence electrons. The van der Waals surface area contributed by atoms with Gasteiger partial charge in [-0.1, -0.05) is 60.7 Å². The molecule has 1 heteroatoms. The van der Waals surface area contributed by atoms with Gasteiger partial charge in [-0.15, -0.1) is 0 Å². The molecule has 0 amide bonds. The van der Waals surface area contributed by atoms with Crippen LogP contribution in [0.4, 0.5) is 5.69 Å². The van der Waals surface area contributed by atoms with Crippen LogP contribution in [0.5, 0.6) is 0 Å². The largest absolute Gasteiger partial charge is 0.361 e. The van der Waals surface area contributed by atoms with Crippen LogP contribution in [0.25, 0.3) is 10.8 Å². The van der Waals surface area contributed by atoms with Gasteiger partial charge in [0.1, 0.15) is 0 Å². The lowest BCUT2D eigenvalue weighted by molar-refractivity contribution is 0.834. The SMILES string of the molecule is [CH]1c2ccccc2CCN1c1cccc2ccccc12. The number of fused-ring (bicyclic) bond motifs is 2. The van der Waals surface area contributed by atoms with Gasteiger partial charge in [-0.3, -0.25) is 0 Å². The molecule has 4 rings (SSSR count). The Morgan fingerprint density at radius 3 is 2.55 bits per heavy atom. The molecule has 0 fully saturated rings. The third-order valence-corrected chi connectivity index (χ3v) is 4.05. The van der Waals surface area contributed by atoms with Crippen molar-refractivity contribution in [3.05, 3.63) is 84.4 Å². The van der Waals surface area contributed by atoms with Crippen molar-refractivity contribution >= 4 is 16.5 Å². The maximum absolute atomic E-state index is 2.38. The third kappa shape index (κ3) is 1.87. The molecule has 0 unspecified atom stereocenters. The molecule has 0 N–H and O–H groups in total. The second-order valence-corrected chi connectivity index (χ2v) is 5.27. The van der Waals surface area contributed by atoms with Gasteiger partial charge in [-0.25, -0.2) is 0 Å². The van der Waals surface area contributed by atoms with E-state index in [4.69, 9.17) is 0 Å². The van der Waals surface area contributed by atoms with Gasteiger partial charge in [0, 0.05) is 17.6 Å². The smallest absolute Gasteiger partial charge is 0.0791 e. The fraction of sp³-hybridized carbons (Fsp3) is 0.105. The summed E-state index contributed by atoms with van der Waals surface area (Å²) in [7, 11) is 0. The van der Waals surface area contributed by atoms with Crippen molar-refractivity contribution in [3.8, 4) is 0 Å². The van der Waals surface area contributed by atoms with Crippen LogP contribution < -0.4 is 4.90 Å². The fourth-order valence-corrected chi connectivity index (χ4v) is 3.01. The average Bonchev–Trinajstić information content (AvgIpc) is 2.54. The molecule has 0 aliphatic carbocycles. The van der Waals surface area contributed by atoms with Crippen molar-refractivity contribution in [2.45, 2.75) is 6.42 Å². The lowest BCUT2D eigenvalue weighted by atomic mass is 9.98. The van der Waals surface area contributed by atoms with Crippen LogP contribution in [0, 0.1) is 6.54 Å². The van der Waals surface area contributed by atoms with E-state index in [1.165, 1.54) is 27.6 Å². The average molecular weight is 258 g/mol. The fourth-order valence-electron chi connectivity index (χ4n) is 3.01. The number of anilines is 1. The summed E-state index contributed by atoms with van der Waals surface area (Å²) in [6, 6.07) is 23.8. The molecule has 0 aromatic heterocycles. The van der Waals surface area contributed by atoms with Crippen molar-refractivity contribution in [2.75, 3.05) is 11.4 Å². The predicted molar refractivity (Wildman–Crippen MR) is 84.8 cm³/mol. The summed E-state index contributed by atoms with van der Waals surface area (Å²) in [6.45, 7) is 3.33. The first-order chi connectivity index (χ1) is 9.92. The molecule has 0 spiro atoms. The summed E-state index contributed by atoms with van der Waals surface area (Å²) in [6.07, 6.45) is 1.11. The minimum atomic E-state index is 1.05. The van der Waals surface area contributed by atoms with Crippen LogP contribution >= 0.6 is 0 Å². The topological polar surface area (TPSA) is 3.24 Å². The molecule has 0 bridgehead atoms. The van der Waals surface area contributed by atoms with E-state index in [1.807, 2.05) is 0 Å². The Morgan fingerprint density at radius 1 is 0.750 bits per heavy atom. The van der Waals surface area contributed by atoms with Gasteiger partial charge in [0.2, 0.25) is 0 Å². The van der Waals surface area contributed by atoms with Gasteiger partial charge >= 0.3 is 0 Å². The highest BCUT2D eigenvalue weighted by Crippen LogP contribution is 2.31. The van der Waals surface area contributed by atoms with E-state index in [1.54, 1.807) is 0 Å². The molecule has 1 heterocycles. The van der Waals surface area contributed by atoms with Gasteiger partial charge in [-0.05, 0) is 29.0 Å². The third-order valence-electron chi connectivity index (χ3n) is 4.05. The van der Waals surface area contributed by atoms with Gasteiger partial charge in [-0.2, -0.15) is 0 Å². The van der Waals surface area contributed by atoms with Crippen LogP contribution in [-0.4, -0.2) is 6.54 Å². The first-order valence-electron chi connectivity index (χ1n) is 7.09. The van der Waals surface area contributed by atoms with Crippen LogP contribution in [0.2, 0.25) is 0 Å². The number of nitrogens with zero attached hydrogens (tertiary/aromatic N) is 1. The minimum Gasteiger partial charge on any atom is -0.361 e. The molecule has 1 aliphatic rings. The van der Waals surface area contributed by atoms with E-state index in [0.717, 1.165) is 13.0 Å². The zero-order valence-corrected chi connectivity index (χ0v) is 11.3. The zero-order valence-electron chi connectivity index (χ0n) is 11.3. The van der Waals surface area contributed by atoms with Crippen LogP contribution in [-0.2, 0) is 6.42 Å². The molecular formula is C19H16N. The number of hydrogen-bond acceptors (Lipinski definition) is 1. The molecule has 0 atom stereocenters. The summed E-state index contributed by atoms with van der Waals surface area (Å²) >= 11 is 0. The highest BCUT2D eigenvalue weighted by molar-refractivity contribution is 5.94.